The Balaban J connectivity index is 0. The van der Waals surface area contributed by atoms with E-state index >= 15 is 0 Å². The summed E-state index contributed by atoms with van der Waals surface area (Å²) in [7, 11) is 0. The van der Waals surface area contributed by atoms with Crippen LogP contribution in [0.3, 0.4) is 0 Å². The number of hydrogen-bond acceptors (Lipinski definition) is 0. The van der Waals surface area contributed by atoms with E-state index in [1.807, 2.05) is 0 Å². The van der Waals surface area contributed by atoms with Gasteiger partial charge in [-0.05, 0) is 0 Å². The van der Waals surface area contributed by atoms with Crippen LogP contribution in [0.25, 0.3) is 0 Å². The van der Waals surface area contributed by atoms with Crippen LogP contribution in [0.4, 0.5) is 0 Å². The predicted molar refractivity (Wildman–Crippen MR) is 2.06 cm³/mol. The number of hydrogen-bond donors (Lipinski definition) is 0. The Kier molecular flexibility index (Phi) is 402. The Morgan fingerprint density at radius 3 is 0.429 bits per heavy atom. The predicted octanol–water partition coefficient (Wildman–Crippen LogP) is -0.356. The molecule has 0 aliphatic rings. The molecule has 0 atom stereocenters. The van der Waals surface area contributed by atoms with Crippen molar-refractivity contribution in [2.45, 2.75) is 0 Å². The van der Waals surface area contributed by atoms with E-state index in [1.165, 1.54) is 0 Å². The van der Waals surface area contributed by atoms with Crippen LogP contribution in [0.5, 0.6) is 0 Å². The molecule has 0 aliphatic carbocycles. The van der Waals surface area contributed by atoms with Crippen LogP contribution in [0, 0.1) is 142 Å². The van der Waals surface area contributed by atoms with E-state index in [1.54, 1.807) is 0 Å². The Hall–Kier alpha value is 4.63. The largest absolute Gasteiger partial charge is 3.00 e. The van der Waals surface area contributed by atoms with Crippen LogP contribution in [0.1, 0.15) is 0 Å². The smallest absolute Gasteiger partial charge is 2.00 e. The third-order valence-corrected chi connectivity index (χ3v) is 0. The molecular weight excluding hydrogens is 839 g/mol. The van der Waals surface area contributed by atoms with Crippen LogP contribution in [0.2, 0.25) is 0 Å². The summed E-state index contributed by atoms with van der Waals surface area (Å²) in [4.78, 5) is 0. The van der Waals surface area contributed by atoms with Crippen LogP contribution in [-0.4, -0.2) is 0 Å². The normalized spacial score (nSPS) is 0. The molecule has 0 rings (SSSR count). The summed E-state index contributed by atoms with van der Waals surface area (Å²) in [5.41, 5.74) is 0. The Morgan fingerprint density at radius 2 is 0.429 bits per heavy atom. The van der Waals surface area contributed by atoms with E-state index in [4.69, 9.17) is 0 Å². The zero-order valence-electron chi connectivity index (χ0n) is 2.93. The van der Waals surface area contributed by atoms with Gasteiger partial charge in [-0.1, -0.05) is 0 Å². The third-order valence-electron chi connectivity index (χ3n) is 0. The molecule has 2 radical (unpaired) electrons. The van der Waals surface area contributed by atoms with Crippen LogP contribution in [-0.2, 0) is 16.4 Å². The van der Waals surface area contributed by atoms with E-state index in [-0.39, 0.29) is 159 Å². The molecule has 7 heteroatoms. The quantitative estimate of drug-likeness (QED) is 0.320. The van der Waals surface area contributed by atoms with Gasteiger partial charge in [0.1, 0.15) is 0 Å². The zero-order valence-corrected chi connectivity index (χ0v) is 15.8. The van der Waals surface area contributed by atoms with Gasteiger partial charge in [0.25, 0.3) is 0 Å². The fourth-order valence-electron chi connectivity index (χ4n) is 0. The average Bonchev–Trinajstić information content (AvgIpc) is 0. The van der Waals surface area contributed by atoms with E-state index < -0.39 is 0 Å². The van der Waals surface area contributed by atoms with Gasteiger partial charge in [0.2, 0.25) is 0 Å². The van der Waals surface area contributed by atoms with Gasteiger partial charge in [0, 0.05) is 62.2 Å². The molecular formula is Gd2O3U2. The number of rotatable bonds is 0. The van der Waals surface area contributed by atoms with Gasteiger partial charge in [-0.3, -0.25) is 0 Å². The fourth-order valence-corrected chi connectivity index (χ4v) is 0. The molecule has 3 nitrogen and oxygen atoms in total. The first-order valence-corrected chi connectivity index (χ1v) is 0. The molecule has 0 saturated carbocycles. The minimum atomic E-state index is 0. The summed E-state index contributed by atoms with van der Waals surface area (Å²) in [6.07, 6.45) is 0. The first kappa shape index (κ1) is 61.3. The topological polar surface area (TPSA) is 85.5 Å². The van der Waals surface area contributed by atoms with Crippen molar-refractivity contribution >= 4 is 0 Å². The van der Waals surface area contributed by atoms with Gasteiger partial charge < -0.3 is 16.4 Å². The summed E-state index contributed by atoms with van der Waals surface area (Å²) < 4.78 is 0. The molecule has 7 heavy (non-hydrogen) atoms. The SMILES string of the molecule is [Gd+3].[Gd+3].[O-2].[O-2].[O-2].[U].[U]. The van der Waals surface area contributed by atoms with Gasteiger partial charge in [-0.25, -0.2) is 0 Å². The van der Waals surface area contributed by atoms with Crippen molar-refractivity contribution < 1.29 is 159 Å². The van der Waals surface area contributed by atoms with Crippen LogP contribution >= 0.6 is 0 Å². The maximum atomic E-state index is 0. The van der Waals surface area contributed by atoms with E-state index in [0.29, 0.717) is 0 Å². The minimum absolute atomic E-state index is 0. The molecule has 0 N–H and O–H groups in total. The monoisotopic (exact) mass is 840 g/mol. The Morgan fingerprint density at radius 1 is 0.429 bits per heavy atom. The third kappa shape index (κ3) is 36.9. The zero-order chi connectivity index (χ0) is 0. The maximum absolute atomic E-state index is 0. The molecule has 0 fully saturated rings. The molecule has 42 valence electrons. The molecule has 0 aromatic carbocycles. The molecule has 0 saturated heterocycles. The second-order valence-electron chi connectivity index (χ2n) is 0. The fraction of sp³-hybridized carbons (Fsp3) is 0. The average molecular weight is 839 g/mol. The first-order valence-electron chi connectivity index (χ1n) is 0. The Bertz CT molecular complexity index is 10.9. The maximum Gasteiger partial charge on any atom is 3.00 e. The van der Waals surface area contributed by atoms with E-state index in [9.17, 15) is 0 Å². The van der Waals surface area contributed by atoms with Crippen molar-refractivity contribution in [1.82, 2.24) is 0 Å². The standard InChI is InChI=1S/2Gd.3O.2U/q2*+3;3*-2;;. The molecule has 0 aromatic heterocycles. The second kappa shape index (κ2) is 46.0. The van der Waals surface area contributed by atoms with Gasteiger partial charge in [-0.15, -0.1) is 0 Å². The second-order valence-corrected chi connectivity index (χ2v) is 0. The van der Waals surface area contributed by atoms with E-state index in [2.05, 4.69) is 0 Å². The minimum Gasteiger partial charge on any atom is -2.00 e. The van der Waals surface area contributed by atoms with Crippen molar-refractivity contribution in [2.24, 2.45) is 0 Å². The summed E-state index contributed by atoms with van der Waals surface area (Å²) in [6.45, 7) is 0. The molecule has 0 aromatic rings. The van der Waals surface area contributed by atoms with E-state index in [0.717, 1.165) is 0 Å². The molecule has 0 bridgehead atoms. The van der Waals surface area contributed by atoms with Gasteiger partial charge in [0.05, 0.1) is 0 Å². The van der Waals surface area contributed by atoms with Crippen molar-refractivity contribution in [3.05, 3.63) is 0 Å². The van der Waals surface area contributed by atoms with Crippen LogP contribution < -0.4 is 0 Å². The van der Waals surface area contributed by atoms with Gasteiger partial charge in [0.15, 0.2) is 0 Å². The van der Waals surface area contributed by atoms with Crippen molar-refractivity contribution in [2.75, 3.05) is 0 Å². The summed E-state index contributed by atoms with van der Waals surface area (Å²) in [5.74, 6) is 0. The van der Waals surface area contributed by atoms with Crippen LogP contribution in [0.15, 0.2) is 0 Å². The van der Waals surface area contributed by atoms with Crippen molar-refractivity contribution in [1.29, 1.82) is 0 Å². The van der Waals surface area contributed by atoms with Crippen molar-refractivity contribution in [3.8, 4) is 0 Å². The van der Waals surface area contributed by atoms with Gasteiger partial charge >= 0.3 is 79.9 Å². The molecule has 0 aliphatic heterocycles. The molecule has 0 spiro atoms. The Labute approximate surface area is 154 Å². The first-order chi connectivity index (χ1) is 0. The molecule has 0 heterocycles. The summed E-state index contributed by atoms with van der Waals surface area (Å²) >= 11 is 0. The van der Waals surface area contributed by atoms with Crippen molar-refractivity contribution in [3.63, 3.8) is 0 Å². The molecule has 0 amide bonds. The molecule has 0 unspecified atom stereocenters. The van der Waals surface area contributed by atoms with Gasteiger partial charge in [-0.2, -0.15) is 0 Å². The summed E-state index contributed by atoms with van der Waals surface area (Å²) in [6, 6.07) is 0. The summed E-state index contributed by atoms with van der Waals surface area (Å²) in [5, 5.41) is 0.